The van der Waals surface area contributed by atoms with Gasteiger partial charge in [0.15, 0.2) is 0 Å². The molecule has 0 aromatic rings. The van der Waals surface area contributed by atoms with E-state index in [1.54, 1.807) is 0 Å². The molecule has 1 unspecified atom stereocenters. The molecule has 0 spiro atoms. The molecule has 0 aromatic heterocycles. The van der Waals surface area contributed by atoms with Gasteiger partial charge in [-0.1, -0.05) is 33.1 Å². The van der Waals surface area contributed by atoms with E-state index in [0.717, 1.165) is 25.7 Å². The van der Waals surface area contributed by atoms with Gasteiger partial charge in [0.05, 0.1) is 0 Å². The molecule has 0 radical (unpaired) electrons. The molecule has 0 N–H and O–H groups in total. The first kappa shape index (κ1) is 20.3. The van der Waals surface area contributed by atoms with Crippen molar-refractivity contribution in [3.8, 4) is 0 Å². The van der Waals surface area contributed by atoms with E-state index in [2.05, 4.69) is 6.92 Å². The first-order valence-corrected chi connectivity index (χ1v) is 6.49. The predicted molar refractivity (Wildman–Crippen MR) is 63.2 cm³/mol. The Labute approximate surface area is 132 Å². The van der Waals surface area contributed by atoms with Crippen molar-refractivity contribution in [3.05, 3.63) is 0 Å². The van der Waals surface area contributed by atoms with E-state index in [1.165, 1.54) is 0 Å². The number of esters is 1. The van der Waals surface area contributed by atoms with Crippen LogP contribution in [0.15, 0.2) is 0 Å². The number of ether oxygens (including phenoxy) is 1. The standard InChI is InChI=1S/C13H24O4.Na/c1-3-5-6-8-13(16)17-11(7-4-2)9-10-12(14)15;/h11H,3-10H2,1-2H3,(H,14,15);/q;+1/p-1. The average molecular weight is 266 g/mol. The Kier molecular flexibility index (Phi) is 15.1. The number of hydrogen-bond donors (Lipinski definition) is 0. The Morgan fingerprint density at radius 3 is 2.22 bits per heavy atom. The van der Waals surface area contributed by atoms with Crippen LogP contribution in [0.2, 0.25) is 0 Å². The van der Waals surface area contributed by atoms with Gasteiger partial charge in [0.1, 0.15) is 6.10 Å². The van der Waals surface area contributed by atoms with Crippen LogP contribution in [0, 0.1) is 0 Å². The van der Waals surface area contributed by atoms with Crippen LogP contribution >= 0.6 is 0 Å². The van der Waals surface area contributed by atoms with Gasteiger partial charge >= 0.3 is 35.5 Å². The molecule has 4 nitrogen and oxygen atoms in total. The fourth-order valence-electron chi connectivity index (χ4n) is 1.63. The number of carboxylic acids is 1. The van der Waals surface area contributed by atoms with E-state index in [9.17, 15) is 14.7 Å². The van der Waals surface area contributed by atoms with Gasteiger partial charge in [0, 0.05) is 12.4 Å². The molecule has 0 aromatic carbocycles. The first-order chi connectivity index (χ1) is 8.10. The fourth-order valence-corrected chi connectivity index (χ4v) is 1.63. The third-order valence-electron chi connectivity index (χ3n) is 2.56. The van der Waals surface area contributed by atoms with Gasteiger partial charge in [-0.25, -0.2) is 0 Å². The Balaban J connectivity index is 0. The van der Waals surface area contributed by atoms with Gasteiger partial charge in [-0.15, -0.1) is 0 Å². The van der Waals surface area contributed by atoms with Crippen LogP contribution in [0.3, 0.4) is 0 Å². The maximum absolute atomic E-state index is 11.5. The number of carbonyl (C=O) groups is 2. The van der Waals surface area contributed by atoms with Crippen molar-refractivity contribution < 1.29 is 49.0 Å². The molecule has 100 valence electrons. The van der Waals surface area contributed by atoms with Gasteiger partial charge in [-0.05, 0) is 25.7 Å². The van der Waals surface area contributed by atoms with Crippen molar-refractivity contribution in [2.24, 2.45) is 0 Å². The summed E-state index contributed by atoms with van der Waals surface area (Å²) in [6, 6.07) is 0. The molecule has 0 bridgehead atoms. The van der Waals surface area contributed by atoms with E-state index in [1.807, 2.05) is 6.92 Å². The van der Waals surface area contributed by atoms with E-state index < -0.39 is 5.97 Å². The molecule has 18 heavy (non-hydrogen) atoms. The Bertz CT molecular complexity index is 231. The molecule has 0 saturated heterocycles. The van der Waals surface area contributed by atoms with Crippen molar-refractivity contribution >= 4 is 11.9 Å². The fraction of sp³-hybridized carbons (Fsp3) is 0.846. The third kappa shape index (κ3) is 12.4. The van der Waals surface area contributed by atoms with Crippen LogP contribution in [0.5, 0.6) is 0 Å². The normalized spacial score (nSPS) is 11.4. The third-order valence-corrected chi connectivity index (χ3v) is 2.56. The van der Waals surface area contributed by atoms with Crippen molar-refractivity contribution in [1.82, 2.24) is 0 Å². The number of aliphatic carboxylic acids is 1. The molecular weight excluding hydrogens is 243 g/mol. The molecule has 5 heteroatoms. The van der Waals surface area contributed by atoms with E-state index in [0.29, 0.717) is 19.3 Å². The zero-order valence-electron chi connectivity index (χ0n) is 11.9. The van der Waals surface area contributed by atoms with Gasteiger partial charge < -0.3 is 14.6 Å². The number of rotatable bonds is 10. The minimum absolute atomic E-state index is 0. The Morgan fingerprint density at radius 2 is 1.72 bits per heavy atom. The number of carbonyl (C=O) groups excluding carboxylic acids is 2. The van der Waals surface area contributed by atoms with E-state index in [-0.39, 0.29) is 48.1 Å². The van der Waals surface area contributed by atoms with Gasteiger partial charge in [-0.3, -0.25) is 4.79 Å². The summed E-state index contributed by atoms with van der Waals surface area (Å²) in [5.74, 6) is -1.30. The summed E-state index contributed by atoms with van der Waals surface area (Å²) >= 11 is 0. The minimum Gasteiger partial charge on any atom is -0.550 e. The zero-order chi connectivity index (χ0) is 13.1. The number of unbranched alkanes of at least 4 members (excludes halogenated alkanes) is 2. The molecular formula is C13H23NaO4. The van der Waals surface area contributed by atoms with Crippen molar-refractivity contribution in [3.63, 3.8) is 0 Å². The molecule has 0 aliphatic heterocycles. The number of hydrogen-bond acceptors (Lipinski definition) is 4. The topological polar surface area (TPSA) is 66.4 Å². The van der Waals surface area contributed by atoms with Crippen molar-refractivity contribution in [2.45, 2.75) is 71.3 Å². The Hall–Kier alpha value is -0.0600. The zero-order valence-corrected chi connectivity index (χ0v) is 13.9. The Morgan fingerprint density at radius 1 is 1.06 bits per heavy atom. The summed E-state index contributed by atoms with van der Waals surface area (Å²) in [5, 5.41) is 10.4. The summed E-state index contributed by atoms with van der Waals surface area (Å²) in [7, 11) is 0. The minimum atomic E-state index is -1.09. The van der Waals surface area contributed by atoms with Crippen molar-refractivity contribution in [1.29, 1.82) is 0 Å². The maximum atomic E-state index is 11.5. The molecule has 0 aliphatic rings. The second-order valence-electron chi connectivity index (χ2n) is 4.27. The summed E-state index contributed by atoms with van der Waals surface area (Å²) < 4.78 is 5.26. The van der Waals surface area contributed by atoms with Gasteiger partial charge in [0.2, 0.25) is 0 Å². The van der Waals surface area contributed by atoms with E-state index in [4.69, 9.17) is 4.74 Å². The molecule has 1 atom stereocenters. The molecule has 0 saturated carbocycles. The second-order valence-corrected chi connectivity index (χ2v) is 4.27. The van der Waals surface area contributed by atoms with Gasteiger partial charge in [-0.2, -0.15) is 0 Å². The van der Waals surface area contributed by atoms with Crippen LogP contribution in [-0.4, -0.2) is 18.0 Å². The van der Waals surface area contributed by atoms with Crippen molar-refractivity contribution in [2.75, 3.05) is 0 Å². The molecule has 0 heterocycles. The van der Waals surface area contributed by atoms with Crippen LogP contribution in [0.4, 0.5) is 0 Å². The summed E-state index contributed by atoms with van der Waals surface area (Å²) in [4.78, 5) is 21.8. The largest absolute Gasteiger partial charge is 1.00 e. The molecule has 0 amide bonds. The monoisotopic (exact) mass is 266 g/mol. The molecule has 0 fully saturated rings. The van der Waals surface area contributed by atoms with Crippen LogP contribution in [0.1, 0.15) is 65.2 Å². The summed E-state index contributed by atoms with van der Waals surface area (Å²) in [6.07, 6.45) is 4.99. The molecule has 0 rings (SSSR count). The summed E-state index contributed by atoms with van der Waals surface area (Å²) in [5.41, 5.74) is 0. The van der Waals surface area contributed by atoms with Crippen LogP contribution in [-0.2, 0) is 14.3 Å². The first-order valence-electron chi connectivity index (χ1n) is 6.49. The van der Waals surface area contributed by atoms with E-state index >= 15 is 0 Å². The van der Waals surface area contributed by atoms with Crippen LogP contribution in [0.25, 0.3) is 0 Å². The SMILES string of the molecule is CCCCCC(=O)OC(CCC)CCC(=O)[O-].[Na+]. The molecule has 0 aliphatic carbocycles. The summed E-state index contributed by atoms with van der Waals surface area (Å²) in [6.45, 7) is 4.06. The van der Waals surface area contributed by atoms with Gasteiger partial charge in [0.25, 0.3) is 0 Å². The predicted octanol–water partition coefficient (Wildman–Crippen LogP) is -1.19. The second kappa shape index (κ2) is 13.4. The number of carboxylic acid groups (broad SMARTS) is 1. The average Bonchev–Trinajstić information content (AvgIpc) is 2.26. The smallest absolute Gasteiger partial charge is 0.550 e. The van der Waals surface area contributed by atoms with Crippen LogP contribution < -0.4 is 34.7 Å². The quantitative estimate of drug-likeness (QED) is 0.283. The maximum Gasteiger partial charge on any atom is 1.00 e.